The second-order valence-electron chi connectivity index (χ2n) is 5.22. The summed E-state index contributed by atoms with van der Waals surface area (Å²) < 4.78 is 43.5. The van der Waals surface area contributed by atoms with Crippen molar-refractivity contribution >= 4 is 34.8 Å². The molecule has 0 saturated heterocycles. The van der Waals surface area contributed by atoms with Crippen LogP contribution in [0.15, 0.2) is 48.5 Å². The Morgan fingerprint density at radius 3 is 1.09 bits per heavy atom. The van der Waals surface area contributed by atoms with E-state index in [1.807, 2.05) is 0 Å². The van der Waals surface area contributed by atoms with Gasteiger partial charge < -0.3 is 28.6 Å². The van der Waals surface area contributed by atoms with Crippen LogP contribution in [0.4, 0.5) is 11.4 Å². The van der Waals surface area contributed by atoms with Gasteiger partial charge in [-0.15, -0.1) is 0 Å². The van der Waals surface area contributed by atoms with Gasteiger partial charge in [-0.2, -0.15) is 4.31 Å². The lowest BCUT2D eigenvalue weighted by Crippen LogP contribution is -2.00. The van der Waals surface area contributed by atoms with E-state index in [1.54, 1.807) is 0 Å². The van der Waals surface area contributed by atoms with E-state index < -0.39 is 33.3 Å². The van der Waals surface area contributed by atoms with Crippen molar-refractivity contribution in [3.8, 4) is 11.5 Å². The summed E-state index contributed by atoms with van der Waals surface area (Å²) in [6.45, 7) is 0. The molecular weight excluding hydrogens is 505 g/mol. The molecule has 0 fully saturated rings. The predicted molar refractivity (Wildman–Crippen MR) is 102 cm³/mol. The van der Waals surface area contributed by atoms with Gasteiger partial charge in [-0.3, -0.25) is 25.1 Å². The highest BCUT2D eigenvalue weighted by atomic mass is 31.3. The summed E-state index contributed by atoms with van der Waals surface area (Å²) in [7, 11) is -14.7. The maximum atomic E-state index is 11.8. The molecule has 0 atom stereocenters. The van der Waals surface area contributed by atoms with Crippen LogP contribution in [0.2, 0.25) is 0 Å². The minimum atomic E-state index is -5.05. The van der Waals surface area contributed by atoms with Crippen LogP contribution in [0.5, 0.6) is 11.5 Å². The van der Waals surface area contributed by atoms with E-state index in [9.17, 15) is 38.8 Å². The molecule has 176 valence electrons. The summed E-state index contributed by atoms with van der Waals surface area (Å²) in [5, 5.41) is 21.0. The van der Waals surface area contributed by atoms with E-state index in [0.717, 1.165) is 48.5 Å². The summed E-state index contributed by atoms with van der Waals surface area (Å²) in [5.41, 5.74) is -0.414. The van der Waals surface area contributed by atoms with Crippen LogP contribution in [0.1, 0.15) is 0 Å². The van der Waals surface area contributed by atoms with Gasteiger partial charge in [-0.05, 0) is 24.3 Å². The largest absolute Gasteiger partial charge is 0.584 e. The molecular formula is C12H13N2O15P3. The van der Waals surface area contributed by atoms with Gasteiger partial charge in [0.15, 0.2) is 0 Å². The number of benzene rings is 2. The average molecular weight is 518 g/mol. The number of nitrogens with zero attached hydrogens (tertiary/aromatic N) is 2. The van der Waals surface area contributed by atoms with Crippen molar-refractivity contribution < 1.29 is 61.4 Å². The second-order valence-corrected chi connectivity index (χ2v) is 9.13. The third-order valence-electron chi connectivity index (χ3n) is 2.75. The van der Waals surface area contributed by atoms with Gasteiger partial charge in [0.25, 0.3) is 11.4 Å². The summed E-state index contributed by atoms with van der Waals surface area (Å²) in [4.78, 5) is 60.4. The van der Waals surface area contributed by atoms with Gasteiger partial charge in [0, 0.05) is 24.3 Å². The minimum absolute atomic E-state index is 0.108. The molecule has 0 heterocycles. The van der Waals surface area contributed by atoms with Gasteiger partial charge in [0.2, 0.25) is 0 Å². The first kappa shape index (κ1) is 27.3. The number of nitro groups is 2. The lowest BCUT2D eigenvalue weighted by Gasteiger charge is -2.13. The van der Waals surface area contributed by atoms with Crippen LogP contribution in [0.25, 0.3) is 0 Å². The molecule has 0 saturated carbocycles. The Labute approximate surface area is 177 Å². The molecule has 2 aromatic carbocycles. The molecule has 0 unspecified atom stereocenters. The molecule has 0 aliphatic heterocycles. The second kappa shape index (κ2) is 10.7. The first-order valence-electron chi connectivity index (χ1n) is 7.51. The zero-order chi connectivity index (χ0) is 24.7. The van der Waals surface area contributed by atoms with Crippen molar-refractivity contribution in [1.29, 1.82) is 0 Å². The van der Waals surface area contributed by atoms with E-state index >= 15 is 0 Å². The summed E-state index contributed by atoms with van der Waals surface area (Å²) in [6, 6.07) is 8.95. The fraction of sp³-hybridized carbons (Fsp3) is 0. The molecule has 17 nitrogen and oxygen atoms in total. The maximum Gasteiger partial charge on any atom is 0.584 e. The van der Waals surface area contributed by atoms with Gasteiger partial charge >= 0.3 is 23.5 Å². The van der Waals surface area contributed by atoms with Gasteiger partial charge in [0.1, 0.15) is 11.5 Å². The minimum Gasteiger partial charge on any atom is -0.395 e. The molecule has 2 rings (SSSR count). The maximum absolute atomic E-state index is 11.8. The third-order valence-corrected chi connectivity index (χ3v) is 5.33. The topological polar surface area (TPSA) is 266 Å². The molecule has 2 aromatic rings. The lowest BCUT2D eigenvalue weighted by molar-refractivity contribution is -0.385. The number of non-ortho nitro benzene ring substituents is 2. The number of phosphoric acid groups is 3. The Morgan fingerprint density at radius 2 is 0.906 bits per heavy atom. The Hall–Kier alpha value is -2.71. The monoisotopic (exact) mass is 518 g/mol. The van der Waals surface area contributed by atoms with Crippen LogP contribution < -0.4 is 9.05 Å². The van der Waals surface area contributed by atoms with Crippen LogP contribution in [-0.4, -0.2) is 34.3 Å². The average Bonchev–Trinajstić information content (AvgIpc) is 2.59. The molecule has 0 aliphatic rings. The molecule has 20 heteroatoms. The standard InChI is InChI=1S/C12H9N2O8P.H4O7P2/c15-13(16)9-1-5-11(6-2-9)21-23(19,20)22-12-7-3-10(4-8-12)14(17)18;1-8(2,3)7-9(4,5)6/h1-8H,(H,19,20);(H2,1,2,3)(H2,4,5,6). The molecule has 0 aromatic heterocycles. The van der Waals surface area contributed by atoms with E-state index in [1.165, 1.54) is 0 Å². The van der Waals surface area contributed by atoms with Crippen molar-refractivity contribution in [2.24, 2.45) is 0 Å². The van der Waals surface area contributed by atoms with Gasteiger partial charge in [-0.1, -0.05) is 0 Å². The number of hydrogen-bond donors (Lipinski definition) is 5. The molecule has 0 spiro atoms. The zero-order valence-corrected chi connectivity index (χ0v) is 17.9. The lowest BCUT2D eigenvalue weighted by atomic mass is 10.3. The van der Waals surface area contributed by atoms with Crippen LogP contribution in [0, 0.1) is 20.2 Å². The normalized spacial score (nSPS) is 11.7. The molecule has 0 aliphatic carbocycles. The number of phosphoric ester groups is 1. The highest BCUT2D eigenvalue weighted by Gasteiger charge is 2.28. The number of rotatable bonds is 8. The number of nitro benzene ring substituents is 2. The highest BCUT2D eigenvalue weighted by molar-refractivity contribution is 7.60. The fourth-order valence-corrected chi connectivity index (χ4v) is 3.60. The highest BCUT2D eigenvalue weighted by Crippen LogP contribution is 2.53. The Bertz CT molecular complexity index is 1010. The van der Waals surface area contributed by atoms with E-state index in [2.05, 4.69) is 4.31 Å². The summed E-state index contributed by atoms with van der Waals surface area (Å²) >= 11 is 0. The van der Waals surface area contributed by atoms with Crippen LogP contribution in [0.3, 0.4) is 0 Å². The molecule has 0 radical (unpaired) electrons. The van der Waals surface area contributed by atoms with E-state index in [0.29, 0.717) is 0 Å². The molecule has 5 N–H and O–H groups in total. The van der Waals surface area contributed by atoms with E-state index in [-0.39, 0.29) is 22.9 Å². The van der Waals surface area contributed by atoms with Crippen molar-refractivity contribution in [1.82, 2.24) is 0 Å². The van der Waals surface area contributed by atoms with Crippen LogP contribution >= 0.6 is 23.5 Å². The molecule has 0 amide bonds. The van der Waals surface area contributed by atoms with Crippen molar-refractivity contribution in [3.63, 3.8) is 0 Å². The molecule has 32 heavy (non-hydrogen) atoms. The third kappa shape index (κ3) is 11.1. The van der Waals surface area contributed by atoms with Crippen molar-refractivity contribution in [3.05, 3.63) is 68.8 Å². The Balaban J connectivity index is 0.000000482. The zero-order valence-electron chi connectivity index (χ0n) is 15.2. The predicted octanol–water partition coefficient (Wildman–Crippen LogP) is 2.25. The van der Waals surface area contributed by atoms with Crippen LogP contribution in [-0.2, 0) is 18.0 Å². The van der Waals surface area contributed by atoms with Crippen molar-refractivity contribution in [2.45, 2.75) is 0 Å². The summed E-state index contributed by atoms with van der Waals surface area (Å²) in [6.07, 6.45) is 0. The van der Waals surface area contributed by atoms with Crippen molar-refractivity contribution in [2.75, 3.05) is 0 Å². The fourth-order valence-electron chi connectivity index (χ4n) is 1.68. The summed E-state index contributed by atoms with van der Waals surface area (Å²) in [5.74, 6) is -0.216. The first-order valence-corrected chi connectivity index (χ1v) is 12.1. The smallest absolute Gasteiger partial charge is 0.395 e. The SMILES string of the molecule is O=P(O)(O)OP(=O)(O)O.O=[N+]([O-])c1ccc(OP(=O)(O)Oc2ccc([N+](=O)[O-])cc2)cc1. The number of hydrogen-bond acceptors (Lipinski definition) is 10. The Kier molecular flexibility index (Phi) is 9.17. The van der Waals surface area contributed by atoms with Gasteiger partial charge in [0.05, 0.1) is 9.85 Å². The van der Waals surface area contributed by atoms with Gasteiger partial charge in [-0.25, -0.2) is 13.7 Å². The quantitative estimate of drug-likeness (QED) is 0.190. The Morgan fingerprint density at radius 1 is 0.625 bits per heavy atom. The van der Waals surface area contributed by atoms with E-state index in [4.69, 9.17) is 28.6 Å². The first-order chi connectivity index (χ1) is 14.5. The molecule has 0 bridgehead atoms.